The fourth-order valence-electron chi connectivity index (χ4n) is 3.75. The van der Waals surface area contributed by atoms with Gasteiger partial charge in [0.25, 0.3) is 0 Å². The Morgan fingerprint density at radius 2 is 1.96 bits per heavy atom. The van der Waals surface area contributed by atoms with E-state index in [0.29, 0.717) is 6.42 Å². The quantitative estimate of drug-likeness (QED) is 0.928. The Kier molecular flexibility index (Phi) is 5.21. The van der Waals surface area contributed by atoms with Crippen LogP contribution in [-0.2, 0) is 11.2 Å². The van der Waals surface area contributed by atoms with Crippen LogP contribution < -0.4 is 10.1 Å². The third-order valence-corrected chi connectivity index (χ3v) is 5.00. The van der Waals surface area contributed by atoms with Gasteiger partial charge in [-0.15, -0.1) is 0 Å². The van der Waals surface area contributed by atoms with Gasteiger partial charge in [0.15, 0.2) is 0 Å². The highest BCUT2D eigenvalue weighted by atomic mass is 16.5. The van der Waals surface area contributed by atoms with E-state index in [2.05, 4.69) is 10.2 Å². The number of rotatable bonds is 4. The summed E-state index contributed by atoms with van der Waals surface area (Å²) in [5.41, 5.74) is 1.04. The largest absolute Gasteiger partial charge is 0.491 e. The molecule has 23 heavy (non-hydrogen) atoms. The van der Waals surface area contributed by atoms with Crippen LogP contribution in [0.3, 0.4) is 0 Å². The number of benzene rings is 1. The fourth-order valence-corrected chi connectivity index (χ4v) is 3.75. The second kappa shape index (κ2) is 7.35. The van der Waals surface area contributed by atoms with Crippen LogP contribution in [0.15, 0.2) is 24.3 Å². The van der Waals surface area contributed by atoms with E-state index < -0.39 is 0 Å². The van der Waals surface area contributed by atoms with Gasteiger partial charge < -0.3 is 15.0 Å². The Bertz CT molecular complexity index is 530. The second-order valence-electron chi connectivity index (χ2n) is 7.13. The van der Waals surface area contributed by atoms with E-state index in [1.165, 1.54) is 0 Å². The van der Waals surface area contributed by atoms with Crippen LogP contribution in [0.2, 0.25) is 0 Å². The van der Waals surface area contributed by atoms with Gasteiger partial charge in [0.1, 0.15) is 5.75 Å². The average Bonchev–Trinajstić information content (AvgIpc) is 2.85. The lowest BCUT2D eigenvalue weighted by Crippen LogP contribution is -2.33. The van der Waals surface area contributed by atoms with Crippen LogP contribution in [0, 0.1) is 11.8 Å². The number of carbonyl (C=O) groups is 1. The van der Waals surface area contributed by atoms with Crippen LogP contribution >= 0.6 is 0 Å². The molecule has 0 aromatic heterocycles. The highest BCUT2D eigenvalue weighted by Crippen LogP contribution is 2.27. The molecule has 1 aromatic carbocycles. The molecule has 2 heterocycles. The normalized spacial score (nSPS) is 24.4. The summed E-state index contributed by atoms with van der Waals surface area (Å²) < 4.78 is 5.72. The van der Waals surface area contributed by atoms with Gasteiger partial charge in [-0.3, -0.25) is 4.79 Å². The minimum Gasteiger partial charge on any atom is -0.491 e. The number of amides is 1. The van der Waals surface area contributed by atoms with Crippen molar-refractivity contribution in [3.8, 4) is 5.75 Å². The number of ether oxygens (including phenoxy) is 1. The lowest BCUT2D eigenvalue weighted by molar-refractivity contribution is -0.130. The zero-order valence-electron chi connectivity index (χ0n) is 14.3. The van der Waals surface area contributed by atoms with Gasteiger partial charge in [0.2, 0.25) is 5.91 Å². The van der Waals surface area contributed by atoms with Crippen molar-refractivity contribution in [1.29, 1.82) is 0 Å². The predicted molar refractivity (Wildman–Crippen MR) is 91.6 cm³/mol. The minimum absolute atomic E-state index is 0.152. The zero-order valence-corrected chi connectivity index (χ0v) is 14.3. The number of nitrogens with one attached hydrogen (secondary N) is 1. The molecule has 0 saturated carbocycles. The van der Waals surface area contributed by atoms with E-state index in [-0.39, 0.29) is 12.0 Å². The molecule has 1 amide bonds. The molecule has 2 atom stereocenters. The lowest BCUT2D eigenvalue weighted by atomic mass is 9.92. The molecule has 4 heteroatoms. The van der Waals surface area contributed by atoms with Gasteiger partial charge in [0.05, 0.1) is 12.5 Å². The standard InChI is InChI=1S/C19H28N2O2/c1-14(2)23-18-5-3-4-15(10-18)11-19(22)21-8-6-16-12-20-13-17(16)7-9-21/h3-5,10,14,16-17,20H,6-9,11-13H2,1-2H3/t16-,17+. The molecule has 4 nitrogen and oxygen atoms in total. The molecule has 1 aromatic rings. The summed E-state index contributed by atoms with van der Waals surface area (Å²) in [6.07, 6.45) is 2.91. The minimum atomic E-state index is 0.152. The van der Waals surface area contributed by atoms with Crippen LogP contribution in [0.1, 0.15) is 32.3 Å². The van der Waals surface area contributed by atoms with E-state index in [0.717, 1.165) is 62.2 Å². The third-order valence-electron chi connectivity index (χ3n) is 5.00. The summed E-state index contributed by atoms with van der Waals surface area (Å²) in [4.78, 5) is 14.7. The number of hydrogen-bond donors (Lipinski definition) is 1. The molecule has 0 bridgehead atoms. The zero-order chi connectivity index (χ0) is 16.2. The smallest absolute Gasteiger partial charge is 0.226 e. The van der Waals surface area contributed by atoms with E-state index in [1.807, 2.05) is 38.1 Å². The first-order valence-electron chi connectivity index (χ1n) is 8.86. The lowest BCUT2D eigenvalue weighted by Gasteiger charge is -2.21. The van der Waals surface area contributed by atoms with Crippen molar-refractivity contribution in [1.82, 2.24) is 10.2 Å². The van der Waals surface area contributed by atoms with Gasteiger partial charge in [-0.2, -0.15) is 0 Å². The summed E-state index contributed by atoms with van der Waals surface area (Å²) in [6, 6.07) is 7.93. The average molecular weight is 316 g/mol. The maximum atomic E-state index is 12.6. The first-order chi connectivity index (χ1) is 11.1. The van der Waals surface area contributed by atoms with Crippen molar-refractivity contribution >= 4 is 5.91 Å². The van der Waals surface area contributed by atoms with Gasteiger partial charge in [-0.05, 0) is 69.3 Å². The van der Waals surface area contributed by atoms with Crippen molar-refractivity contribution in [2.75, 3.05) is 26.2 Å². The van der Waals surface area contributed by atoms with Crippen molar-refractivity contribution in [2.24, 2.45) is 11.8 Å². The monoisotopic (exact) mass is 316 g/mol. The maximum Gasteiger partial charge on any atom is 0.226 e. The molecule has 2 aliphatic rings. The van der Waals surface area contributed by atoms with Crippen LogP contribution in [-0.4, -0.2) is 43.1 Å². The summed E-state index contributed by atoms with van der Waals surface area (Å²) >= 11 is 0. The van der Waals surface area contributed by atoms with Gasteiger partial charge in [-0.25, -0.2) is 0 Å². The van der Waals surface area contributed by atoms with Gasteiger partial charge in [-0.1, -0.05) is 12.1 Å². The maximum absolute atomic E-state index is 12.6. The van der Waals surface area contributed by atoms with E-state index >= 15 is 0 Å². The first-order valence-corrected chi connectivity index (χ1v) is 8.86. The SMILES string of the molecule is CC(C)Oc1cccc(CC(=O)N2CC[C@@H]3CNC[C@@H]3CC2)c1. The second-order valence-corrected chi connectivity index (χ2v) is 7.13. The molecule has 0 unspecified atom stereocenters. The molecule has 126 valence electrons. The van der Waals surface area contributed by atoms with E-state index in [1.54, 1.807) is 0 Å². The molecular weight excluding hydrogens is 288 g/mol. The summed E-state index contributed by atoms with van der Waals surface area (Å²) in [7, 11) is 0. The number of nitrogens with zero attached hydrogens (tertiary/aromatic N) is 1. The summed E-state index contributed by atoms with van der Waals surface area (Å²) in [5.74, 6) is 2.62. The van der Waals surface area contributed by atoms with Crippen molar-refractivity contribution in [2.45, 2.75) is 39.2 Å². The molecule has 2 fully saturated rings. The fraction of sp³-hybridized carbons (Fsp3) is 0.632. The summed E-state index contributed by atoms with van der Waals surface area (Å²) in [5, 5.41) is 3.48. The Balaban J connectivity index is 1.58. The number of likely N-dealkylation sites (tertiary alicyclic amines) is 1. The summed E-state index contributed by atoms with van der Waals surface area (Å²) in [6.45, 7) is 8.10. The van der Waals surface area contributed by atoms with E-state index in [9.17, 15) is 4.79 Å². The molecule has 0 radical (unpaired) electrons. The molecule has 0 aliphatic carbocycles. The number of carbonyl (C=O) groups excluding carboxylic acids is 1. The first kappa shape index (κ1) is 16.3. The highest BCUT2D eigenvalue weighted by molar-refractivity contribution is 5.78. The van der Waals surface area contributed by atoms with Crippen LogP contribution in [0.25, 0.3) is 0 Å². The van der Waals surface area contributed by atoms with Gasteiger partial charge >= 0.3 is 0 Å². The predicted octanol–water partition coefficient (Wildman–Crippen LogP) is 2.47. The number of hydrogen-bond acceptors (Lipinski definition) is 3. The molecular formula is C19H28N2O2. The topological polar surface area (TPSA) is 41.6 Å². The highest BCUT2D eigenvalue weighted by Gasteiger charge is 2.31. The Hall–Kier alpha value is -1.55. The Morgan fingerprint density at radius 3 is 2.61 bits per heavy atom. The molecule has 0 spiro atoms. The van der Waals surface area contributed by atoms with Crippen molar-refractivity contribution in [3.63, 3.8) is 0 Å². The van der Waals surface area contributed by atoms with E-state index in [4.69, 9.17) is 4.74 Å². The van der Waals surface area contributed by atoms with Crippen molar-refractivity contribution < 1.29 is 9.53 Å². The Labute approximate surface area is 139 Å². The van der Waals surface area contributed by atoms with Crippen molar-refractivity contribution in [3.05, 3.63) is 29.8 Å². The third kappa shape index (κ3) is 4.25. The van der Waals surface area contributed by atoms with Crippen LogP contribution in [0.4, 0.5) is 0 Å². The van der Waals surface area contributed by atoms with Gasteiger partial charge in [0, 0.05) is 13.1 Å². The van der Waals surface area contributed by atoms with Crippen LogP contribution in [0.5, 0.6) is 5.75 Å². The molecule has 2 aliphatic heterocycles. The Morgan fingerprint density at radius 1 is 1.26 bits per heavy atom. The number of fused-ring (bicyclic) bond motifs is 1. The molecule has 2 saturated heterocycles. The molecule has 1 N–H and O–H groups in total. The molecule has 3 rings (SSSR count).